The van der Waals surface area contributed by atoms with Crippen molar-refractivity contribution in [2.75, 3.05) is 19.8 Å². The second-order valence-corrected chi connectivity index (χ2v) is 20.0. The first kappa shape index (κ1) is 26.6. The van der Waals surface area contributed by atoms with Gasteiger partial charge < -0.3 is 13.6 Å². The maximum atomic E-state index is 12.2. The predicted molar refractivity (Wildman–Crippen MR) is 120 cm³/mol. The van der Waals surface area contributed by atoms with Crippen LogP contribution in [0.4, 0.5) is 0 Å². The Labute approximate surface area is 170 Å². The van der Waals surface area contributed by atoms with Crippen molar-refractivity contribution >= 4 is 22.6 Å². The largest absolute Gasteiger partial charge is 0.463 e. The monoisotopic (exact) mass is 416 g/mol. The summed E-state index contributed by atoms with van der Waals surface area (Å²) in [4.78, 5) is 12.2. The number of rotatable bonds is 10. The lowest BCUT2D eigenvalue weighted by atomic mass is 10.2. The van der Waals surface area contributed by atoms with Crippen molar-refractivity contribution in [2.45, 2.75) is 97.6 Å². The third kappa shape index (κ3) is 9.54. The first-order valence-corrected chi connectivity index (χ1v) is 16.0. The second-order valence-electron chi connectivity index (χ2n) is 10.4. The van der Waals surface area contributed by atoms with E-state index in [1.54, 1.807) is 6.08 Å². The smallest absolute Gasteiger partial charge is 0.330 e. The van der Waals surface area contributed by atoms with E-state index in [9.17, 15) is 4.79 Å². The molecule has 4 nitrogen and oxygen atoms in total. The maximum Gasteiger partial charge on any atom is 0.330 e. The number of ether oxygens (including phenoxy) is 1. The summed E-state index contributed by atoms with van der Waals surface area (Å²) in [5, 5.41) is 0.250. The maximum absolute atomic E-state index is 12.2. The third-order valence-corrected chi connectivity index (χ3v) is 14.9. The minimum Gasteiger partial charge on any atom is -0.463 e. The van der Waals surface area contributed by atoms with Gasteiger partial charge in [-0.05, 0) is 48.3 Å². The molecule has 0 radical (unpaired) electrons. The highest BCUT2D eigenvalue weighted by Gasteiger charge is 2.39. The molecule has 0 bridgehead atoms. The van der Waals surface area contributed by atoms with E-state index < -0.39 is 16.6 Å². The fraction of sp³-hybridized carbons (Fsp3) is 0.857. The van der Waals surface area contributed by atoms with Crippen LogP contribution in [0.25, 0.3) is 0 Å². The lowest BCUT2D eigenvalue weighted by Crippen LogP contribution is -2.43. The van der Waals surface area contributed by atoms with Crippen molar-refractivity contribution in [3.63, 3.8) is 0 Å². The minimum atomic E-state index is -1.90. The van der Waals surface area contributed by atoms with Crippen LogP contribution in [0.1, 0.15) is 61.3 Å². The van der Waals surface area contributed by atoms with Crippen molar-refractivity contribution in [3.05, 3.63) is 11.6 Å². The lowest BCUT2D eigenvalue weighted by Gasteiger charge is -2.38. The molecule has 0 fully saturated rings. The van der Waals surface area contributed by atoms with Crippen molar-refractivity contribution in [1.82, 2.24) is 0 Å². The van der Waals surface area contributed by atoms with Gasteiger partial charge in [0.2, 0.25) is 0 Å². The Kier molecular flexibility index (Phi) is 10.2. The molecule has 0 aromatic heterocycles. The number of carbonyl (C=O) groups is 1. The molecule has 0 amide bonds. The summed E-state index contributed by atoms with van der Waals surface area (Å²) >= 11 is 0. The first-order chi connectivity index (χ1) is 12.0. The van der Waals surface area contributed by atoms with Crippen LogP contribution in [0.5, 0.6) is 0 Å². The summed E-state index contributed by atoms with van der Waals surface area (Å²) in [7, 11) is -3.80. The summed E-state index contributed by atoms with van der Waals surface area (Å²) in [5.41, 5.74) is 0.867. The topological polar surface area (TPSA) is 44.8 Å². The highest BCUT2D eigenvalue weighted by atomic mass is 28.4. The van der Waals surface area contributed by atoms with Crippen LogP contribution in [-0.4, -0.2) is 42.4 Å². The number of hydrogen-bond donors (Lipinski definition) is 0. The van der Waals surface area contributed by atoms with Crippen LogP contribution < -0.4 is 0 Å². The van der Waals surface area contributed by atoms with E-state index in [0.717, 1.165) is 18.4 Å². The SMILES string of the molecule is CCCCOC(=O)C=C(CO[Si](C)(C)C(C)(C)C)CO[Si](C)(C)C(C)(C)C. The highest BCUT2D eigenvalue weighted by molar-refractivity contribution is 6.74. The Balaban J connectivity index is 5.19. The molecule has 0 aliphatic carbocycles. The molecule has 0 aromatic rings. The fourth-order valence-electron chi connectivity index (χ4n) is 1.63. The van der Waals surface area contributed by atoms with Crippen LogP contribution in [0.15, 0.2) is 11.6 Å². The Bertz CT molecular complexity index is 465. The number of carbonyl (C=O) groups excluding carboxylic acids is 1. The number of unbranched alkanes of at least 4 members (excludes halogenated alkanes) is 1. The van der Waals surface area contributed by atoms with Crippen molar-refractivity contribution < 1.29 is 18.4 Å². The quantitative estimate of drug-likeness (QED) is 0.181. The molecular formula is C21H44O4Si2. The molecule has 0 aliphatic heterocycles. The number of esters is 1. The standard InChI is InChI=1S/C21H44O4Si2/c1-12-13-14-23-19(22)15-18(16-24-26(8,9)20(2,3)4)17-25-27(10,11)21(5,6)7/h15H,12-14,16-17H2,1-11H3. The van der Waals surface area contributed by atoms with Gasteiger partial charge >= 0.3 is 5.97 Å². The summed E-state index contributed by atoms with van der Waals surface area (Å²) < 4.78 is 18.0. The molecule has 0 aliphatic rings. The minimum absolute atomic E-state index is 0.125. The lowest BCUT2D eigenvalue weighted by molar-refractivity contribution is -0.137. The average Bonchev–Trinajstić information content (AvgIpc) is 2.48. The zero-order valence-corrected chi connectivity index (χ0v) is 21.7. The normalized spacial score (nSPS) is 13.4. The van der Waals surface area contributed by atoms with Gasteiger partial charge in [0, 0.05) is 6.08 Å². The zero-order valence-electron chi connectivity index (χ0n) is 19.7. The van der Waals surface area contributed by atoms with Crippen molar-refractivity contribution in [2.24, 2.45) is 0 Å². The molecule has 0 saturated carbocycles. The van der Waals surface area contributed by atoms with E-state index in [-0.39, 0.29) is 16.0 Å². The molecular weight excluding hydrogens is 372 g/mol. The van der Waals surface area contributed by atoms with Crippen LogP contribution >= 0.6 is 0 Å². The molecule has 0 spiro atoms. The van der Waals surface area contributed by atoms with Gasteiger partial charge in [-0.2, -0.15) is 0 Å². The summed E-state index contributed by atoms with van der Waals surface area (Å²) in [5.74, 6) is -0.295. The Morgan fingerprint density at radius 2 is 1.26 bits per heavy atom. The van der Waals surface area contributed by atoms with E-state index in [0.29, 0.717) is 19.8 Å². The summed E-state index contributed by atoms with van der Waals surface area (Å²) in [6.45, 7) is 25.6. The number of hydrogen-bond acceptors (Lipinski definition) is 4. The van der Waals surface area contributed by atoms with Crippen LogP contribution in [0, 0.1) is 0 Å². The molecule has 0 saturated heterocycles. The van der Waals surface area contributed by atoms with E-state index in [2.05, 4.69) is 74.7 Å². The van der Waals surface area contributed by atoms with Gasteiger partial charge in [-0.3, -0.25) is 0 Å². The molecule has 0 heterocycles. The molecule has 27 heavy (non-hydrogen) atoms. The molecule has 0 atom stereocenters. The van der Waals surface area contributed by atoms with Gasteiger partial charge in [0.05, 0.1) is 19.8 Å². The van der Waals surface area contributed by atoms with E-state index >= 15 is 0 Å². The van der Waals surface area contributed by atoms with Gasteiger partial charge in [-0.25, -0.2) is 4.79 Å². The van der Waals surface area contributed by atoms with Gasteiger partial charge in [-0.15, -0.1) is 0 Å². The Hall–Kier alpha value is -0.436. The van der Waals surface area contributed by atoms with Crippen molar-refractivity contribution in [3.8, 4) is 0 Å². The Morgan fingerprint density at radius 1 is 0.852 bits per heavy atom. The van der Waals surface area contributed by atoms with Crippen LogP contribution in [-0.2, 0) is 18.4 Å². The van der Waals surface area contributed by atoms with E-state index in [1.807, 2.05) is 0 Å². The summed E-state index contributed by atoms with van der Waals surface area (Å²) in [6.07, 6.45) is 3.47. The Morgan fingerprint density at radius 3 is 1.59 bits per heavy atom. The molecule has 0 unspecified atom stereocenters. The predicted octanol–water partition coefficient (Wildman–Crippen LogP) is 6.30. The second kappa shape index (κ2) is 10.4. The average molecular weight is 417 g/mol. The van der Waals surface area contributed by atoms with Crippen LogP contribution in [0.3, 0.4) is 0 Å². The first-order valence-electron chi connectivity index (χ1n) is 10.2. The van der Waals surface area contributed by atoms with E-state index in [1.165, 1.54) is 0 Å². The molecule has 160 valence electrons. The van der Waals surface area contributed by atoms with Crippen molar-refractivity contribution in [1.29, 1.82) is 0 Å². The fourth-order valence-corrected chi connectivity index (χ4v) is 3.59. The van der Waals surface area contributed by atoms with Crippen LogP contribution in [0.2, 0.25) is 36.3 Å². The molecule has 0 rings (SSSR count). The molecule has 0 N–H and O–H groups in total. The van der Waals surface area contributed by atoms with Gasteiger partial charge in [0.1, 0.15) is 0 Å². The molecule has 0 aromatic carbocycles. The van der Waals surface area contributed by atoms with Gasteiger partial charge in [0.25, 0.3) is 0 Å². The van der Waals surface area contributed by atoms with E-state index in [4.69, 9.17) is 13.6 Å². The zero-order chi connectivity index (χ0) is 21.5. The van der Waals surface area contributed by atoms with Gasteiger partial charge in [0.15, 0.2) is 16.6 Å². The highest BCUT2D eigenvalue weighted by Crippen LogP contribution is 2.38. The third-order valence-electron chi connectivity index (χ3n) is 5.91. The summed E-state index contributed by atoms with van der Waals surface area (Å²) in [6, 6.07) is 0. The van der Waals surface area contributed by atoms with Gasteiger partial charge in [-0.1, -0.05) is 54.9 Å². The molecule has 6 heteroatoms.